The number of pyridine rings is 1. The van der Waals surface area contributed by atoms with Crippen molar-refractivity contribution in [1.29, 1.82) is 0 Å². The molecule has 0 aromatic carbocycles. The van der Waals surface area contributed by atoms with Gasteiger partial charge in [0, 0.05) is 11.8 Å². The SMILES string of the molecule is O=C(O)Cc1[nH]c(=O)cc(Cl)c1C(F)F. The molecule has 1 rings (SSSR count). The third kappa shape index (κ3) is 2.76. The Labute approximate surface area is 87.5 Å². The molecular weight excluding hydrogens is 232 g/mol. The molecule has 4 nitrogen and oxygen atoms in total. The van der Waals surface area contributed by atoms with Gasteiger partial charge < -0.3 is 10.1 Å². The van der Waals surface area contributed by atoms with Crippen LogP contribution in [0.2, 0.25) is 5.02 Å². The smallest absolute Gasteiger partial charge is 0.309 e. The summed E-state index contributed by atoms with van der Waals surface area (Å²) in [4.78, 5) is 23.3. The second kappa shape index (κ2) is 4.39. The normalized spacial score (nSPS) is 10.7. The van der Waals surface area contributed by atoms with Crippen molar-refractivity contribution in [3.63, 3.8) is 0 Å². The molecule has 0 saturated heterocycles. The van der Waals surface area contributed by atoms with Crippen LogP contribution in [0.15, 0.2) is 10.9 Å². The van der Waals surface area contributed by atoms with Gasteiger partial charge in [-0.25, -0.2) is 8.78 Å². The number of H-pyrrole nitrogens is 1. The molecule has 82 valence electrons. The van der Waals surface area contributed by atoms with Crippen LogP contribution in [0.1, 0.15) is 17.7 Å². The van der Waals surface area contributed by atoms with Crippen molar-refractivity contribution in [2.24, 2.45) is 0 Å². The third-order valence-corrected chi connectivity index (χ3v) is 1.97. The Bertz CT molecular complexity index is 444. The fourth-order valence-electron chi connectivity index (χ4n) is 1.12. The van der Waals surface area contributed by atoms with E-state index in [1.54, 1.807) is 0 Å². The highest BCUT2D eigenvalue weighted by atomic mass is 35.5. The van der Waals surface area contributed by atoms with E-state index in [1.807, 2.05) is 4.98 Å². The third-order valence-electron chi connectivity index (χ3n) is 1.66. The lowest BCUT2D eigenvalue weighted by atomic mass is 10.1. The number of alkyl halides is 2. The molecule has 0 saturated carbocycles. The van der Waals surface area contributed by atoms with Crippen LogP contribution in [0, 0.1) is 0 Å². The summed E-state index contributed by atoms with van der Waals surface area (Å²) in [6, 6.07) is 0.786. The highest BCUT2D eigenvalue weighted by molar-refractivity contribution is 6.31. The molecule has 1 aromatic heterocycles. The number of rotatable bonds is 3. The van der Waals surface area contributed by atoms with E-state index in [0.717, 1.165) is 6.07 Å². The molecule has 15 heavy (non-hydrogen) atoms. The van der Waals surface area contributed by atoms with E-state index in [4.69, 9.17) is 16.7 Å². The molecule has 7 heteroatoms. The number of carboxylic acids is 1. The summed E-state index contributed by atoms with van der Waals surface area (Å²) in [6.07, 6.45) is -3.63. The van der Waals surface area contributed by atoms with Gasteiger partial charge in [0.05, 0.1) is 17.0 Å². The van der Waals surface area contributed by atoms with Crippen LogP contribution in [0.25, 0.3) is 0 Å². The van der Waals surface area contributed by atoms with E-state index < -0.39 is 35.0 Å². The minimum absolute atomic E-state index is 0.366. The van der Waals surface area contributed by atoms with Gasteiger partial charge in [-0.05, 0) is 0 Å². The van der Waals surface area contributed by atoms with Gasteiger partial charge in [0.15, 0.2) is 0 Å². The van der Waals surface area contributed by atoms with Gasteiger partial charge in [-0.3, -0.25) is 9.59 Å². The second-order valence-electron chi connectivity index (χ2n) is 2.74. The number of halogens is 3. The lowest BCUT2D eigenvalue weighted by Gasteiger charge is -2.07. The Kier molecular flexibility index (Phi) is 3.41. The molecule has 0 bridgehead atoms. The summed E-state index contributed by atoms with van der Waals surface area (Å²) in [5.74, 6) is -1.32. The van der Waals surface area contributed by atoms with Crippen LogP contribution in [0.5, 0.6) is 0 Å². The zero-order chi connectivity index (χ0) is 11.6. The van der Waals surface area contributed by atoms with Gasteiger partial charge in [-0.15, -0.1) is 0 Å². The van der Waals surface area contributed by atoms with Gasteiger partial charge >= 0.3 is 5.97 Å². The van der Waals surface area contributed by atoms with E-state index in [-0.39, 0.29) is 5.69 Å². The molecule has 2 N–H and O–H groups in total. The molecule has 0 fully saturated rings. The fourth-order valence-corrected chi connectivity index (χ4v) is 1.41. The molecule has 0 amide bonds. The summed E-state index contributed by atoms with van der Waals surface area (Å²) in [6.45, 7) is 0. The summed E-state index contributed by atoms with van der Waals surface area (Å²) >= 11 is 5.42. The number of hydrogen-bond donors (Lipinski definition) is 2. The predicted octanol–water partition coefficient (Wildman–Crippen LogP) is 1.59. The largest absolute Gasteiger partial charge is 0.481 e. The van der Waals surface area contributed by atoms with Crippen LogP contribution in [-0.2, 0) is 11.2 Å². The van der Waals surface area contributed by atoms with Crippen molar-refractivity contribution in [3.8, 4) is 0 Å². The highest BCUT2D eigenvalue weighted by Gasteiger charge is 2.19. The Morgan fingerprint density at radius 3 is 2.67 bits per heavy atom. The van der Waals surface area contributed by atoms with Crippen molar-refractivity contribution in [1.82, 2.24) is 4.98 Å². The molecule has 0 radical (unpaired) electrons. The van der Waals surface area contributed by atoms with Gasteiger partial charge in [-0.1, -0.05) is 11.6 Å². The topological polar surface area (TPSA) is 70.2 Å². The lowest BCUT2D eigenvalue weighted by molar-refractivity contribution is -0.136. The van der Waals surface area contributed by atoms with Crippen molar-refractivity contribution >= 4 is 17.6 Å². The number of carbonyl (C=O) groups is 1. The van der Waals surface area contributed by atoms with Crippen molar-refractivity contribution in [2.75, 3.05) is 0 Å². The molecule has 0 aliphatic heterocycles. The number of nitrogens with one attached hydrogen (secondary N) is 1. The van der Waals surface area contributed by atoms with Gasteiger partial charge in [0.1, 0.15) is 0 Å². The quantitative estimate of drug-likeness (QED) is 0.839. The molecular formula is C8H6ClF2NO3. The number of aromatic amines is 1. The van der Waals surface area contributed by atoms with Crippen LogP contribution in [-0.4, -0.2) is 16.1 Å². The van der Waals surface area contributed by atoms with Crippen LogP contribution in [0.3, 0.4) is 0 Å². The average Bonchev–Trinajstić information content (AvgIpc) is 1.99. The summed E-state index contributed by atoms with van der Waals surface area (Å²) in [5, 5.41) is 8.02. The molecule has 0 aliphatic carbocycles. The Hall–Kier alpha value is -1.43. The maximum absolute atomic E-state index is 12.5. The van der Waals surface area contributed by atoms with Crippen LogP contribution < -0.4 is 5.56 Å². The maximum atomic E-state index is 12.5. The zero-order valence-corrected chi connectivity index (χ0v) is 8.02. The lowest BCUT2D eigenvalue weighted by Crippen LogP contribution is -2.15. The van der Waals surface area contributed by atoms with E-state index in [9.17, 15) is 18.4 Å². The number of aromatic nitrogens is 1. The Morgan fingerprint density at radius 1 is 1.60 bits per heavy atom. The van der Waals surface area contributed by atoms with E-state index in [1.165, 1.54) is 0 Å². The van der Waals surface area contributed by atoms with Crippen molar-refractivity contribution in [2.45, 2.75) is 12.8 Å². The second-order valence-corrected chi connectivity index (χ2v) is 3.15. The van der Waals surface area contributed by atoms with Crippen molar-refractivity contribution < 1.29 is 18.7 Å². The van der Waals surface area contributed by atoms with E-state index >= 15 is 0 Å². The summed E-state index contributed by atoms with van der Waals surface area (Å²) in [7, 11) is 0. The van der Waals surface area contributed by atoms with E-state index in [2.05, 4.69) is 0 Å². The Balaban J connectivity index is 3.33. The zero-order valence-electron chi connectivity index (χ0n) is 7.26. The van der Waals surface area contributed by atoms with Gasteiger partial charge in [0.25, 0.3) is 6.43 Å². The average molecular weight is 238 g/mol. The summed E-state index contributed by atoms with van der Waals surface area (Å²) < 4.78 is 24.9. The molecule has 1 heterocycles. The first kappa shape index (κ1) is 11.6. The number of carboxylic acid groups (broad SMARTS) is 1. The van der Waals surface area contributed by atoms with Gasteiger partial charge in [-0.2, -0.15) is 0 Å². The molecule has 0 aliphatic rings. The first-order valence-corrected chi connectivity index (χ1v) is 4.21. The molecule has 1 aromatic rings. The van der Waals surface area contributed by atoms with E-state index in [0.29, 0.717) is 0 Å². The Morgan fingerprint density at radius 2 is 2.20 bits per heavy atom. The molecule has 0 atom stereocenters. The maximum Gasteiger partial charge on any atom is 0.309 e. The minimum Gasteiger partial charge on any atom is -0.481 e. The number of aliphatic carboxylic acids is 1. The first-order chi connectivity index (χ1) is 6.91. The standard InChI is InChI=1S/C8H6ClF2NO3/c9-3-1-5(13)12-4(2-6(14)15)7(3)8(10)11/h1,8H,2H2,(H,12,13)(H,14,15). The van der Waals surface area contributed by atoms with Gasteiger partial charge in [0.2, 0.25) is 5.56 Å². The van der Waals surface area contributed by atoms with Crippen molar-refractivity contribution in [3.05, 3.63) is 32.7 Å². The number of hydrogen-bond acceptors (Lipinski definition) is 2. The minimum atomic E-state index is -2.93. The van der Waals surface area contributed by atoms with Crippen LogP contribution >= 0.6 is 11.6 Å². The van der Waals surface area contributed by atoms with Crippen LogP contribution in [0.4, 0.5) is 8.78 Å². The molecule has 0 spiro atoms. The fraction of sp³-hybridized carbons (Fsp3) is 0.250. The first-order valence-electron chi connectivity index (χ1n) is 3.83. The monoisotopic (exact) mass is 237 g/mol. The summed E-state index contributed by atoms with van der Waals surface area (Å²) in [5.41, 5.74) is -1.71. The highest BCUT2D eigenvalue weighted by Crippen LogP contribution is 2.28. The predicted molar refractivity (Wildman–Crippen MR) is 48.4 cm³/mol. The molecule has 0 unspecified atom stereocenters.